The summed E-state index contributed by atoms with van der Waals surface area (Å²) in [7, 11) is 0. The third kappa shape index (κ3) is 11.1. The lowest BCUT2D eigenvalue weighted by Crippen LogP contribution is -2.36. The fourth-order valence-corrected chi connectivity index (χ4v) is 20.3. The molecule has 0 N–H and O–H groups in total. The first-order chi connectivity index (χ1) is 59.5. The van der Waals surface area contributed by atoms with Crippen molar-refractivity contribution in [2.24, 2.45) is 0 Å². The molecule has 19 aromatic carbocycles. The van der Waals surface area contributed by atoms with E-state index in [1.807, 2.05) is 0 Å². The molecule has 0 radical (unpaired) electrons. The van der Waals surface area contributed by atoms with E-state index in [0.717, 1.165) is 101 Å². The van der Waals surface area contributed by atoms with Crippen molar-refractivity contribution in [3.8, 4) is 89.0 Å². The molecule has 2 heterocycles. The molecule has 2 aliphatic carbocycles. The highest BCUT2D eigenvalue weighted by molar-refractivity contribution is 6.01. The molecule has 4 nitrogen and oxygen atoms in total. The highest BCUT2D eigenvalue weighted by Crippen LogP contribution is 2.67. The lowest BCUT2D eigenvalue weighted by molar-refractivity contribution is 0.752. The first-order valence-electron chi connectivity index (χ1n) is 41.5. The van der Waals surface area contributed by atoms with Crippen LogP contribution in [0, 0.1) is 0 Å². The minimum atomic E-state index is -0.675. The molecular formula is C116H78N4. The average molecular weight is 1530 g/mol. The van der Waals surface area contributed by atoms with Gasteiger partial charge in [-0.05, 0) is 232 Å². The van der Waals surface area contributed by atoms with Crippen LogP contribution in [-0.4, -0.2) is 0 Å². The molecule has 23 rings (SSSR count). The maximum Gasteiger partial charge on any atom is 0.0755 e. The normalized spacial score (nSPS) is 13.1. The zero-order valence-electron chi connectivity index (χ0n) is 65.8. The third-order valence-corrected chi connectivity index (χ3v) is 25.5. The van der Waals surface area contributed by atoms with Crippen molar-refractivity contribution in [1.29, 1.82) is 0 Å². The van der Waals surface area contributed by atoms with Gasteiger partial charge in [-0.3, -0.25) is 0 Å². The molecular weight excluding hydrogens is 1450 g/mol. The van der Waals surface area contributed by atoms with Gasteiger partial charge < -0.3 is 19.6 Å². The lowest BCUT2D eigenvalue weighted by atomic mass is 9.64. The Kier molecular flexibility index (Phi) is 16.7. The van der Waals surface area contributed by atoms with Crippen LogP contribution in [0.2, 0.25) is 0 Å². The molecule has 2 aliphatic heterocycles. The lowest BCUT2D eigenvalue weighted by Gasteiger charge is -2.45. The van der Waals surface area contributed by atoms with Crippen molar-refractivity contribution in [2.45, 2.75) is 10.8 Å². The number of hydrogen-bond acceptors (Lipinski definition) is 4. The molecule has 0 bridgehead atoms. The van der Waals surface area contributed by atoms with Crippen molar-refractivity contribution in [3.05, 3.63) is 518 Å². The van der Waals surface area contributed by atoms with Crippen LogP contribution in [0.4, 0.5) is 68.2 Å². The summed E-state index contributed by atoms with van der Waals surface area (Å²) >= 11 is 0. The van der Waals surface area contributed by atoms with E-state index in [-0.39, 0.29) is 0 Å². The Balaban J connectivity index is 0.605. The quantitative estimate of drug-likeness (QED) is 0.108. The van der Waals surface area contributed by atoms with Gasteiger partial charge in [0.15, 0.2) is 0 Å². The molecule has 4 heteroatoms. The fourth-order valence-electron chi connectivity index (χ4n) is 20.3. The van der Waals surface area contributed by atoms with Crippen LogP contribution in [0.1, 0.15) is 44.5 Å². The van der Waals surface area contributed by atoms with Gasteiger partial charge >= 0.3 is 0 Å². The van der Waals surface area contributed by atoms with E-state index in [1.54, 1.807) is 0 Å². The first-order valence-corrected chi connectivity index (χ1v) is 41.5. The van der Waals surface area contributed by atoms with E-state index in [0.29, 0.717) is 0 Å². The Morgan fingerprint density at radius 3 is 0.833 bits per heavy atom. The predicted octanol–water partition coefficient (Wildman–Crippen LogP) is 30.9. The smallest absolute Gasteiger partial charge is 0.0755 e. The minimum Gasteiger partial charge on any atom is -0.310 e. The standard InChI is InChI=1S/C116H78N4/c1-5-30-79(31-6-1)81-60-64-86(65-61-81)95-40-15-23-50-109(95)117(89-35-9-3-10-36-89)93-72-74-99-98-43-14-18-45-102(98)116(107(99)77-93)105-48-21-27-54-113(105)120(114-55-28-22-49-106(114)116)92-39-29-34-88(76-92)85-58-56-83(57-59-85)84-68-70-91(71-69-84)118(110-51-24-16-41-96(110)87-66-62-82(63-67-87)80-32-7-2-8-33-80)94-73-75-100-97-42-13-17-44-101(97)115(108(100)78-94)103-46-19-25-52-111(103)119(90-37-11-4-12-38-90)112-53-26-20-47-104(112)115/h1-78H. The molecule has 120 heavy (non-hydrogen) atoms. The van der Waals surface area contributed by atoms with Gasteiger partial charge in [0, 0.05) is 45.3 Å². The Labute approximate surface area is 700 Å². The van der Waals surface area contributed by atoms with Crippen LogP contribution in [0.25, 0.3) is 89.0 Å². The SMILES string of the molecule is c1ccc(-c2ccc(-c3ccccc3N(c3ccc(-c4ccc(-c5cccc(N6c7ccccc7C7(c8ccccc8-c8ccc(N(c9ccccc9)c9ccccc9-c9ccc(-c%10ccccc%10)cc9)cc87)c7ccccc76)c5)cc4)cc3)c3ccc4c(c3)C3(c5ccccc5-4)c4ccccc4N(c4ccccc4)c4ccccc43)cc2)cc1. The average Bonchev–Trinajstić information content (AvgIpc) is 1.48. The van der Waals surface area contributed by atoms with Crippen molar-refractivity contribution in [1.82, 2.24) is 0 Å². The number of fused-ring (bicyclic) bond motifs is 18. The second-order valence-electron chi connectivity index (χ2n) is 31.7. The molecule has 0 atom stereocenters. The molecule has 0 fully saturated rings. The maximum absolute atomic E-state index is 2.51. The van der Waals surface area contributed by atoms with Gasteiger partial charge in [0.05, 0.1) is 45.0 Å². The summed E-state index contributed by atoms with van der Waals surface area (Å²) in [6, 6.07) is 176. The van der Waals surface area contributed by atoms with Crippen LogP contribution < -0.4 is 19.6 Å². The summed E-state index contributed by atoms with van der Waals surface area (Å²) in [5.41, 5.74) is 40.9. The van der Waals surface area contributed by atoms with Crippen LogP contribution in [-0.2, 0) is 10.8 Å². The van der Waals surface area contributed by atoms with Crippen LogP contribution in [0.5, 0.6) is 0 Å². The molecule has 0 unspecified atom stereocenters. The second-order valence-corrected chi connectivity index (χ2v) is 31.7. The topological polar surface area (TPSA) is 13.0 Å². The Bertz CT molecular complexity index is 7050. The number of hydrogen-bond donors (Lipinski definition) is 0. The maximum atomic E-state index is 2.51. The van der Waals surface area contributed by atoms with E-state index in [1.165, 1.54) is 100 Å². The molecule has 19 aromatic rings. The fraction of sp³-hybridized carbons (Fsp3) is 0.0172. The summed E-state index contributed by atoms with van der Waals surface area (Å²) in [4.78, 5) is 9.91. The summed E-state index contributed by atoms with van der Waals surface area (Å²) in [5, 5.41) is 0. The zero-order chi connectivity index (χ0) is 79.2. The largest absolute Gasteiger partial charge is 0.310 e. The van der Waals surface area contributed by atoms with Gasteiger partial charge in [0.25, 0.3) is 0 Å². The molecule has 0 amide bonds. The van der Waals surface area contributed by atoms with Crippen LogP contribution >= 0.6 is 0 Å². The van der Waals surface area contributed by atoms with E-state index in [9.17, 15) is 0 Å². The number of para-hydroxylation sites is 8. The molecule has 4 aliphatic rings. The predicted molar refractivity (Wildman–Crippen MR) is 500 cm³/mol. The van der Waals surface area contributed by atoms with Gasteiger partial charge in [-0.2, -0.15) is 0 Å². The summed E-state index contributed by atoms with van der Waals surface area (Å²) < 4.78 is 0. The number of nitrogens with zero attached hydrogens (tertiary/aromatic N) is 4. The van der Waals surface area contributed by atoms with E-state index >= 15 is 0 Å². The van der Waals surface area contributed by atoms with Gasteiger partial charge in [-0.15, -0.1) is 0 Å². The van der Waals surface area contributed by atoms with Crippen molar-refractivity contribution in [3.63, 3.8) is 0 Å². The zero-order valence-corrected chi connectivity index (χ0v) is 65.8. The van der Waals surface area contributed by atoms with Gasteiger partial charge in [0.2, 0.25) is 0 Å². The molecule has 0 saturated carbocycles. The van der Waals surface area contributed by atoms with Crippen LogP contribution in [0.3, 0.4) is 0 Å². The third-order valence-electron chi connectivity index (χ3n) is 25.5. The van der Waals surface area contributed by atoms with Gasteiger partial charge in [0.1, 0.15) is 0 Å². The highest BCUT2D eigenvalue weighted by atomic mass is 15.2. The van der Waals surface area contributed by atoms with Crippen molar-refractivity contribution < 1.29 is 0 Å². The van der Waals surface area contributed by atoms with Gasteiger partial charge in [-0.25, -0.2) is 0 Å². The van der Waals surface area contributed by atoms with Crippen molar-refractivity contribution >= 4 is 68.2 Å². The molecule has 562 valence electrons. The number of anilines is 12. The van der Waals surface area contributed by atoms with E-state index in [2.05, 4.69) is 493 Å². The van der Waals surface area contributed by atoms with E-state index in [4.69, 9.17) is 0 Å². The molecule has 2 spiro atoms. The Morgan fingerprint density at radius 1 is 0.150 bits per heavy atom. The summed E-state index contributed by atoms with van der Waals surface area (Å²) in [6.45, 7) is 0. The molecule has 0 saturated heterocycles. The highest BCUT2D eigenvalue weighted by Gasteiger charge is 2.54. The second kappa shape index (κ2) is 28.7. The first kappa shape index (κ1) is 69.8. The van der Waals surface area contributed by atoms with Crippen molar-refractivity contribution in [2.75, 3.05) is 19.6 Å². The summed E-state index contributed by atoms with van der Waals surface area (Å²) in [6.07, 6.45) is 0. The summed E-state index contributed by atoms with van der Waals surface area (Å²) in [5.74, 6) is 0. The Morgan fingerprint density at radius 2 is 0.417 bits per heavy atom. The minimum absolute atomic E-state index is 0.646. The van der Waals surface area contributed by atoms with Gasteiger partial charge in [-0.1, -0.05) is 364 Å². The van der Waals surface area contributed by atoms with E-state index < -0.39 is 10.8 Å². The Hall–Kier alpha value is -15.6. The van der Waals surface area contributed by atoms with Crippen LogP contribution in [0.15, 0.2) is 473 Å². The monoisotopic (exact) mass is 1530 g/mol. The molecule has 0 aromatic heterocycles. The number of rotatable bonds is 14. The number of benzene rings is 19.